The van der Waals surface area contributed by atoms with Crippen molar-refractivity contribution in [3.05, 3.63) is 32.6 Å². The standard InChI is InChI=1S/C10H13BrN2O4/c1-5-3-13(10(16)12-9(5)15)8-2-6(11)7(4-14)17-8/h3,6-8,14H,2,4H2,1H3,(H,12,15,16)/t6-,7+,8+/m0/s1. The summed E-state index contributed by atoms with van der Waals surface area (Å²) in [6.45, 7) is 1.52. The number of rotatable bonds is 2. The number of halogens is 1. The summed E-state index contributed by atoms with van der Waals surface area (Å²) in [6.07, 6.45) is 1.25. The minimum Gasteiger partial charge on any atom is -0.394 e. The molecule has 1 aromatic heterocycles. The van der Waals surface area contributed by atoms with Crippen molar-refractivity contribution in [2.24, 2.45) is 0 Å². The summed E-state index contributed by atoms with van der Waals surface area (Å²) in [5.74, 6) is 0. The number of nitrogens with zero attached hydrogens (tertiary/aromatic N) is 1. The Kier molecular flexibility index (Phi) is 3.50. The normalized spacial score (nSPS) is 28.5. The Morgan fingerprint density at radius 1 is 1.65 bits per heavy atom. The molecule has 1 fully saturated rings. The Morgan fingerprint density at radius 3 is 2.94 bits per heavy atom. The van der Waals surface area contributed by atoms with Gasteiger partial charge < -0.3 is 9.84 Å². The SMILES string of the molecule is Cc1cn([C@H]2C[C@H](Br)[C@@H](CO)O2)c(=O)[nH]c1=O. The minimum atomic E-state index is -0.496. The monoisotopic (exact) mass is 304 g/mol. The lowest BCUT2D eigenvalue weighted by molar-refractivity contribution is -0.0236. The molecule has 0 bridgehead atoms. The maximum atomic E-state index is 11.6. The molecule has 1 aliphatic heterocycles. The van der Waals surface area contributed by atoms with Gasteiger partial charge in [-0.2, -0.15) is 0 Å². The van der Waals surface area contributed by atoms with Gasteiger partial charge in [0.2, 0.25) is 0 Å². The van der Waals surface area contributed by atoms with E-state index in [9.17, 15) is 9.59 Å². The van der Waals surface area contributed by atoms with E-state index in [2.05, 4.69) is 20.9 Å². The second-order valence-corrected chi connectivity index (χ2v) is 5.22. The summed E-state index contributed by atoms with van der Waals surface area (Å²) in [5.41, 5.74) is -0.436. The van der Waals surface area contributed by atoms with Gasteiger partial charge in [-0.15, -0.1) is 0 Å². The van der Waals surface area contributed by atoms with Gasteiger partial charge in [-0.3, -0.25) is 14.3 Å². The highest BCUT2D eigenvalue weighted by molar-refractivity contribution is 9.09. The van der Waals surface area contributed by atoms with Gasteiger partial charge in [0.1, 0.15) is 6.23 Å². The van der Waals surface area contributed by atoms with Gasteiger partial charge in [-0.25, -0.2) is 4.79 Å². The molecular formula is C10H13BrN2O4. The lowest BCUT2D eigenvalue weighted by Crippen LogP contribution is -2.33. The molecule has 0 unspecified atom stereocenters. The van der Waals surface area contributed by atoms with E-state index < -0.39 is 17.5 Å². The van der Waals surface area contributed by atoms with Crippen LogP contribution in [0.2, 0.25) is 0 Å². The fourth-order valence-corrected chi connectivity index (χ4v) is 2.44. The van der Waals surface area contributed by atoms with Crippen LogP contribution in [0.5, 0.6) is 0 Å². The molecule has 0 amide bonds. The van der Waals surface area contributed by atoms with Gasteiger partial charge in [0.05, 0.1) is 12.7 Å². The highest BCUT2D eigenvalue weighted by atomic mass is 79.9. The molecule has 0 aromatic carbocycles. The van der Waals surface area contributed by atoms with E-state index >= 15 is 0 Å². The smallest absolute Gasteiger partial charge is 0.330 e. The first-order valence-corrected chi connectivity index (χ1v) is 6.17. The van der Waals surface area contributed by atoms with Crippen molar-refractivity contribution in [2.45, 2.75) is 30.5 Å². The number of nitrogens with one attached hydrogen (secondary N) is 1. The number of aliphatic hydroxyl groups is 1. The lowest BCUT2D eigenvalue weighted by Gasteiger charge is -2.14. The average Bonchev–Trinajstić information content (AvgIpc) is 2.65. The van der Waals surface area contributed by atoms with Gasteiger partial charge in [-0.05, 0) is 6.92 Å². The Labute approximate surface area is 105 Å². The largest absolute Gasteiger partial charge is 0.394 e. The fraction of sp³-hybridized carbons (Fsp3) is 0.600. The van der Waals surface area contributed by atoms with Crippen LogP contribution in [-0.2, 0) is 4.74 Å². The van der Waals surface area contributed by atoms with E-state index in [1.54, 1.807) is 6.92 Å². The lowest BCUT2D eigenvalue weighted by atomic mass is 10.2. The molecule has 2 heterocycles. The number of alkyl halides is 1. The second-order valence-electron chi connectivity index (χ2n) is 4.04. The first-order chi connectivity index (χ1) is 8.02. The van der Waals surface area contributed by atoms with Crippen molar-refractivity contribution >= 4 is 15.9 Å². The molecule has 1 aromatic rings. The molecule has 7 heteroatoms. The maximum absolute atomic E-state index is 11.6. The van der Waals surface area contributed by atoms with Crippen molar-refractivity contribution in [1.82, 2.24) is 9.55 Å². The summed E-state index contributed by atoms with van der Waals surface area (Å²) in [5, 5.41) is 9.07. The van der Waals surface area contributed by atoms with E-state index in [4.69, 9.17) is 9.84 Å². The molecule has 0 saturated carbocycles. The number of aliphatic hydroxyl groups excluding tert-OH is 1. The average molecular weight is 305 g/mol. The molecule has 0 aliphatic carbocycles. The Hall–Kier alpha value is -0.920. The van der Waals surface area contributed by atoms with E-state index in [0.717, 1.165) is 0 Å². The van der Waals surface area contributed by atoms with Crippen molar-refractivity contribution in [2.75, 3.05) is 6.61 Å². The van der Waals surface area contributed by atoms with Crippen LogP contribution in [0.15, 0.2) is 15.8 Å². The molecule has 3 atom stereocenters. The van der Waals surface area contributed by atoms with Gasteiger partial charge >= 0.3 is 5.69 Å². The number of H-pyrrole nitrogens is 1. The van der Waals surface area contributed by atoms with Gasteiger partial charge in [0, 0.05) is 23.0 Å². The highest BCUT2D eigenvalue weighted by Crippen LogP contribution is 2.32. The maximum Gasteiger partial charge on any atom is 0.330 e. The number of hydrogen-bond acceptors (Lipinski definition) is 4. The summed E-state index contributed by atoms with van der Waals surface area (Å²) < 4.78 is 6.88. The zero-order valence-corrected chi connectivity index (χ0v) is 10.8. The quantitative estimate of drug-likeness (QED) is 0.747. The van der Waals surface area contributed by atoms with Gasteiger partial charge in [-0.1, -0.05) is 15.9 Å². The summed E-state index contributed by atoms with van der Waals surface area (Å²) in [7, 11) is 0. The molecule has 0 radical (unpaired) electrons. The van der Waals surface area contributed by atoms with Gasteiger partial charge in [0.25, 0.3) is 5.56 Å². The number of ether oxygens (including phenoxy) is 1. The predicted octanol–water partition coefficient (Wildman–Crippen LogP) is -0.112. The molecule has 0 spiro atoms. The van der Waals surface area contributed by atoms with Gasteiger partial charge in [0.15, 0.2) is 0 Å². The van der Waals surface area contributed by atoms with Crippen LogP contribution in [0.1, 0.15) is 18.2 Å². The summed E-state index contributed by atoms with van der Waals surface area (Å²) in [6, 6.07) is 0. The Bertz CT molecular complexity index is 524. The first kappa shape index (κ1) is 12.5. The third-order valence-electron chi connectivity index (χ3n) is 2.80. The second kappa shape index (κ2) is 4.75. The van der Waals surface area contributed by atoms with Crippen LogP contribution in [0, 0.1) is 6.92 Å². The van der Waals surface area contributed by atoms with E-state index in [-0.39, 0.29) is 17.5 Å². The van der Waals surface area contributed by atoms with Crippen LogP contribution in [0.25, 0.3) is 0 Å². The third kappa shape index (κ3) is 2.36. The number of aryl methyl sites for hydroxylation is 1. The molecule has 1 saturated heterocycles. The minimum absolute atomic E-state index is 0.00312. The zero-order valence-electron chi connectivity index (χ0n) is 9.22. The van der Waals surface area contributed by atoms with E-state index in [0.29, 0.717) is 12.0 Å². The number of aromatic nitrogens is 2. The van der Waals surface area contributed by atoms with Crippen LogP contribution < -0.4 is 11.2 Å². The van der Waals surface area contributed by atoms with Crippen molar-refractivity contribution in [3.8, 4) is 0 Å². The van der Waals surface area contributed by atoms with Crippen molar-refractivity contribution in [3.63, 3.8) is 0 Å². The van der Waals surface area contributed by atoms with Crippen LogP contribution >= 0.6 is 15.9 Å². The Balaban J connectivity index is 2.34. The topological polar surface area (TPSA) is 84.3 Å². The summed E-state index contributed by atoms with van der Waals surface area (Å²) in [4.78, 5) is 25.1. The van der Waals surface area contributed by atoms with Crippen LogP contribution in [-0.4, -0.2) is 32.2 Å². The number of aromatic amines is 1. The van der Waals surface area contributed by atoms with Crippen LogP contribution in [0.3, 0.4) is 0 Å². The highest BCUT2D eigenvalue weighted by Gasteiger charge is 2.34. The van der Waals surface area contributed by atoms with Crippen LogP contribution in [0.4, 0.5) is 0 Å². The molecular weight excluding hydrogens is 292 g/mol. The first-order valence-electron chi connectivity index (χ1n) is 5.25. The zero-order chi connectivity index (χ0) is 12.6. The molecule has 6 nitrogen and oxygen atoms in total. The third-order valence-corrected chi connectivity index (χ3v) is 3.76. The molecule has 2 rings (SSSR count). The van der Waals surface area contributed by atoms with Crippen molar-refractivity contribution < 1.29 is 9.84 Å². The molecule has 94 valence electrons. The molecule has 17 heavy (non-hydrogen) atoms. The number of hydrogen-bond donors (Lipinski definition) is 2. The predicted molar refractivity (Wildman–Crippen MR) is 64.4 cm³/mol. The fourth-order valence-electron chi connectivity index (χ4n) is 1.82. The van der Waals surface area contributed by atoms with E-state index in [1.807, 2.05) is 0 Å². The summed E-state index contributed by atoms with van der Waals surface area (Å²) >= 11 is 3.39. The molecule has 1 aliphatic rings. The van der Waals surface area contributed by atoms with E-state index in [1.165, 1.54) is 10.8 Å². The van der Waals surface area contributed by atoms with Crippen molar-refractivity contribution in [1.29, 1.82) is 0 Å². The Morgan fingerprint density at radius 2 is 2.35 bits per heavy atom. The molecule has 2 N–H and O–H groups in total.